The Hall–Kier alpha value is -1.06. The first kappa shape index (κ1) is 21.0. The van der Waals surface area contributed by atoms with Crippen LogP contribution in [0, 0.1) is 5.82 Å². The van der Waals surface area contributed by atoms with Crippen LogP contribution in [0.25, 0.3) is 0 Å². The first-order chi connectivity index (χ1) is 10.6. The number of nitrogens with one attached hydrogen (secondary N) is 1. The van der Waals surface area contributed by atoms with Gasteiger partial charge in [-0.2, -0.15) is 26.3 Å². The van der Waals surface area contributed by atoms with Crippen LogP contribution in [-0.2, 0) is 6.18 Å². The van der Waals surface area contributed by atoms with Crippen molar-refractivity contribution in [3.8, 4) is 0 Å². The third-order valence-electron chi connectivity index (χ3n) is 3.70. The van der Waals surface area contributed by atoms with Gasteiger partial charge in [-0.05, 0) is 17.7 Å². The number of piperazine rings is 1. The zero-order chi connectivity index (χ0) is 17.3. The van der Waals surface area contributed by atoms with Gasteiger partial charge in [0, 0.05) is 32.2 Å². The van der Waals surface area contributed by atoms with Crippen molar-refractivity contribution in [3.05, 3.63) is 35.1 Å². The van der Waals surface area contributed by atoms with Crippen LogP contribution in [0.2, 0.25) is 0 Å². The van der Waals surface area contributed by atoms with Crippen molar-refractivity contribution in [2.24, 2.45) is 0 Å². The van der Waals surface area contributed by atoms with Crippen LogP contribution < -0.4 is 5.32 Å². The molecule has 0 radical (unpaired) electrons. The fourth-order valence-electron chi connectivity index (χ4n) is 2.71. The van der Waals surface area contributed by atoms with E-state index < -0.39 is 41.8 Å². The van der Waals surface area contributed by atoms with Crippen molar-refractivity contribution in [1.82, 2.24) is 10.2 Å². The predicted molar refractivity (Wildman–Crippen MR) is 76.5 cm³/mol. The molecule has 10 heteroatoms. The summed E-state index contributed by atoms with van der Waals surface area (Å²) in [5.41, 5.74) is -1.90. The molecule has 1 fully saturated rings. The van der Waals surface area contributed by atoms with Gasteiger partial charge < -0.3 is 5.32 Å². The van der Waals surface area contributed by atoms with Gasteiger partial charge in [-0.15, -0.1) is 12.4 Å². The van der Waals surface area contributed by atoms with Gasteiger partial charge in [0.25, 0.3) is 0 Å². The normalized spacial score (nSPS) is 18.1. The lowest BCUT2D eigenvalue weighted by atomic mass is 9.95. The van der Waals surface area contributed by atoms with Crippen LogP contribution >= 0.6 is 12.4 Å². The van der Waals surface area contributed by atoms with E-state index in [1.807, 2.05) is 0 Å². The van der Waals surface area contributed by atoms with E-state index in [-0.39, 0.29) is 31.6 Å². The van der Waals surface area contributed by atoms with Gasteiger partial charge >= 0.3 is 12.4 Å². The van der Waals surface area contributed by atoms with E-state index >= 15 is 0 Å². The zero-order valence-corrected chi connectivity index (χ0v) is 13.2. The Labute approximate surface area is 140 Å². The minimum absolute atomic E-state index is 0. The van der Waals surface area contributed by atoms with Gasteiger partial charge in [0.1, 0.15) is 5.82 Å². The lowest BCUT2D eigenvalue weighted by Gasteiger charge is -2.36. The minimum atomic E-state index is -4.92. The third kappa shape index (κ3) is 5.49. The summed E-state index contributed by atoms with van der Waals surface area (Å²) >= 11 is 0. The zero-order valence-electron chi connectivity index (χ0n) is 12.3. The van der Waals surface area contributed by atoms with Gasteiger partial charge in [-0.3, -0.25) is 4.90 Å². The maximum atomic E-state index is 13.2. The van der Waals surface area contributed by atoms with Gasteiger partial charge in [-0.25, -0.2) is 4.39 Å². The fourth-order valence-corrected chi connectivity index (χ4v) is 2.71. The summed E-state index contributed by atoms with van der Waals surface area (Å²) < 4.78 is 91.1. The van der Waals surface area contributed by atoms with Crippen LogP contribution in [0.1, 0.15) is 23.6 Å². The molecule has 1 aliphatic rings. The molecule has 1 aromatic rings. The Morgan fingerprint density at radius 1 is 1.04 bits per heavy atom. The standard InChI is InChI=1S/C14H15F7N2.ClH/c15-9-1-2-10(11(7-9)14(19,20)21)12(8-13(16,17)18)23-5-3-22-4-6-23;/h1-2,7,12,22H,3-6,8H2;1H/t12-;/m1./s1. The summed E-state index contributed by atoms with van der Waals surface area (Å²) in [6, 6.07) is 0.322. The summed E-state index contributed by atoms with van der Waals surface area (Å²) in [7, 11) is 0. The van der Waals surface area contributed by atoms with Crippen LogP contribution in [0.5, 0.6) is 0 Å². The second kappa shape index (κ2) is 7.88. The number of nitrogens with zero attached hydrogens (tertiary/aromatic N) is 1. The first-order valence-corrected chi connectivity index (χ1v) is 6.96. The Balaban J connectivity index is 0.00000288. The molecular formula is C14H16ClF7N2. The van der Waals surface area contributed by atoms with Crippen molar-refractivity contribution in [3.63, 3.8) is 0 Å². The Morgan fingerprint density at radius 2 is 1.62 bits per heavy atom. The molecule has 0 saturated carbocycles. The molecule has 1 N–H and O–H groups in total. The number of alkyl halides is 6. The predicted octanol–water partition coefficient (Wildman–Crippen LogP) is 4.17. The van der Waals surface area contributed by atoms with Gasteiger partial charge in [0.05, 0.1) is 12.0 Å². The van der Waals surface area contributed by atoms with E-state index in [1.54, 1.807) is 0 Å². The lowest BCUT2D eigenvalue weighted by molar-refractivity contribution is -0.153. The molecule has 24 heavy (non-hydrogen) atoms. The molecule has 0 unspecified atom stereocenters. The average molecular weight is 381 g/mol. The number of rotatable bonds is 3. The quantitative estimate of drug-likeness (QED) is 0.792. The van der Waals surface area contributed by atoms with E-state index in [0.29, 0.717) is 13.1 Å². The molecule has 0 spiro atoms. The molecule has 0 aliphatic carbocycles. The van der Waals surface area contributed by atoms with Crippen molar-refractivity contribution in [1.29, 1.82) is 0 Å². The molecule has 1 aromatic carbocycles. The topological polar surface area (TPSA) is 15.3 Å². The molecule has 138 valence electrons. The number of benzene rings is 1. The molecule has 1 aliphatic heterocycles. The van der Waals surface area contributed by atoms with E-state index in [0.717, 1.165) is 12.1 Å². The average Bonchev–Trinajstić information content (AvgIpc) is 2.44. The molecule has 0 aromatic heterocycles. The summed E-state index contributed by atoms with van der Waals surface area (Å²) in [5.74, 6) is -1.13. The molecule has 0 amide bonds. The monoisotopic (exact) mass is 380 g/mol. The smallest absolute Gasteiger partial charge is 0.314 e. The highest BCUT2D eigenvalue weighted by atomic mass is 35.5. The number of hydrogen-bond donors (Lipinski definition) is 1. The number of hydrogen-bond acceptors (Lipinski definition) is 2. The second-order valence-corrected chi connectivity index (χ2v) is 5.35. The molecule has 2 rings (SSSR count). The summed E-state index contributed by atoms with van der Waals surface area (Å²) in [6.45, 7) is 1.15. The number of halogens is 8. The highest BCUT2D eigenvalue weighted by molar-refractivity contribution is 5.85. The molecule has 1 saturated heterocycles. The van der Waals surface area contributed by atoms with Crippen molar-refractivity contribution >= 4 is 12.4 Å². The van der Waals surface area contributed by atoms with Crippen LogP contribution in [0.3, 0.4) is 0 Å². The highest BCUT2D eigenvalue weighted by Gasteiger charge is 2.41. The third-order valence-corrected chi connectivity index (χ3v) is 3.70. The summed E-state index contributed by atoms with van der Waals surface area (Å²) in [5, 5.41) is 2.93. The molecular weight excluding hydrogens is 365 g/mol. The second-order valence-electron chi connectivity index (χ2n) is 5.35. The van der Waals surface area contributed by atoms with Gasteiger partial charge in [0.15, 0.2) is 0 Å². The van der Waals surface area contributed by atoms with E-state index in [4.69, 9.17) is 0 Å². The van der Waals surface area contributed by atoms with Crippen molar-refractivity contribution in [2.45, 2.75) is 24.8 Å². The Morgan fingerprint density at radius 3 is 2.12 bits per heavy atom. The molecule has 1 heterocycles. The van der Waals surface area contributed by atoms with Gasteiger partial charge in [-0.1, -0.05) is 6.07 Å². The molecule has 2 nitrogen and oxygen atoms in total. The maximum Gasteiger partial charge on any atom is 0.416 e. The summed E-state index contributed by atoms with van der Waals surface area (Å²) in [4.78, 5) is 1.35. The van der Waals surface area contributed by atoms with Crippen LogP contribution in [-0.4, -0.2) is 37.3 Å². The van der Waals surface area contributed by atoms with E-state index in [2.05, 4.69) is 5.32 Å². The van der Waals surface area contributed by atoms with Crippen LogP contribution in [0.15, 0.2) is 18.2 Å². The lowest BCUT2D eigenvalue weighted by Crippen LogP contribution is -2.46. The molecule has 1 atom stereocenters. The largest absolute Gasteiger partial charge is 0.416 e. The fraction of sp³-hybridized carbons (Fsp3) is 0.571. The van der Waals surface area contributed by atoms with Crippen molar-refractivity contribution in [2.75, 3.05) is 26.2 Å². The summed E-state index contributed by atoms with van der Waals surface area (Å²) in [6.07, 6.45) is -11.0. The SMILES string of the molecule is Cl.Fc1ccc([C@@H](CC(F)(F)F)N2CCNCC2)c(C(F)(F)F)c1. The first-order valence-electron chi connectivity index (χ1n) is 6.96. The Kier molecular flexibility index (Phi) is 6.89. The van der Waals surface area contributed by atoms with Gasteiger partial charge in [0.2, 0.25) is 0 Å². The van der Waals surface area contributed by atoms with E-state index in [1.165, 1.54) is 4.90 Å². The van der Waals surface area contributed by atoms with E-state index in [9.17, 15) is 30.7 Å². The highest BCUT2D eigenvalue weighted by Crippen LogP contribution is 2.41. The molecule has 0 bridgehead atoms. The van der Waals surface area contributed by atoms with Crippen LogP contribution in [0.4, 0.5) is 30.7 Å². The van der Waals surface area contributed by atoms with Crippen molar-refractivity contribution < 1.29 is 30.7 Å². The Bertz CT molecular complexity index is 539. The minimum Gasteiger partial charge on any atom is -0.314 e. The maximum absolute atomic E-state index is 13.2.